The highest BCUT2D eigenvalue weighted by Crippen LogP contribution is 2.39. The molecule has 0 heterocycles. The molecule has 0 aromatic carbocycles. The molecule has 1 aliphatic rings. The Bertz CT molecular complexity index is 234. The minimum absolute atomic E-state index is 0.575. The van der Waals surface area contributed by atoms with Gasteiger partial charge in [0.2, 0.25) is 0 Å². The number of nitrogens with one attached hydrogen (secondary N) is 1. The molecule has 15 heavy (non-hydrogen) atoms. The Kier molecular flexibility index (Phi) is 4.67. The molecule has 1 fully saturated rings. The molecular weight excluding hydrogens is 182 g/mol. The van der Waals surface area contributed by atoms with E-state index in [4.69, 9.17) is 0 Å². The van der Waals surface area contributed by atoms with Crippen LogP contribution in [-0.4, -0.2) is 13.1 Å². The number of rotatable bonds is 3. The Hall–Kier alpha value is -0.480. The van der Waals surface area contributed by atoms with Crippen LogP contribution in [0.2, 0.25) is 0 Å². The van der Waals surface area contributed by atoms with Crippen molar-refractivity contribution >= 4 is 0 Å². The van der Waals surface area contributed by atoms with E-state index in [1.54, 1.807) is 0 Å². The largest absolute Gasteiger partial charge is 0.316 e. The summed E-state index contributed by atoms with van der Waals surface area (Å²) in [5, 5.41) is 3.43. The smallest absolute Gasteiger partial charge is 0.0245 e. The van der Waals surface area contributed by atoms with Crippen LogP contribution < -0.4 is 5.32 Å². The molecule has 1 rings (SSSR count). The van der Waals surface area contributed by atoms with Crippen molar-refractivity contribution in [3.63, 3.8) is 0 Å². The lowest BCUT2D eigenvalue weighted by molar-refractivity contribution is 0.165. The van der Waals surface area contributed by atoms with Crippen LogP contribution in [0.1, 0.15) is 52.9 Å². The van der Waals surface area contributed by atoms with Crippen LogP contribution in [0.3, 0.4) is 0 Å². The average molecular weight is 207 g/mol. The molecule has 1 saturated carbocycles. The van der Waals surface area contributed by atoms with Crippen molar-refractivity contribution < 1.29 is 0 Å². The third kappa shape index (κ3) is 3.87. The fourth-order valence-corrected chi connectivity index (χ4v) is 2.54. The lowest BCUT2D eigenvalue weighted by atomic mass is 9.71. The summed E-state index contributed by atoms with van der Waals surface area (Å²) >= 11 is 0. The van der Waals surface area contributed by atoms with Gasteiger partial charge in [-0.3, -0.25) is 0 Å². The zero-order chi connectivity index (χ0) is 11.3. The fourth-order valence-electron chi connectivity index (χ4n) is 2.54. The summed E-state index contributed by atoms with van der Waals surface area (Å²) in [5.74, 6) is 7.04. The third-order valence-electron chi connectivity index (χ3n) is 3.82. The molecule has 0 aliphatic heterocycles. The van der Waals surface area contributed by atoms with Crippen molar-refractivity contribution in [1.29, 1.82) is 0 Å². The van der Waals surface area contributed by atoms with Crippen molar-refractivity contribution in [2.75, 3.05) is 7.05 Å². The monoisotopic (exact) mass is 207 g/mol. The van der Waals surface area contributed by atoms with E-state index in [1.165, 1.54) is 25.7 Å². The van der Waals surface area contributed by atoms with Gasteiger partial charge in [0.05, 0.1) is 0 Å². The zero-order valence-corrected chi connectivity index (χ0v) is 10.7. The lowest BCUT2D eigenvalue weighted by Gasteiger charge is -2.37. The lowest BCUT2D eigenvalue weighted by Crippen LogP contribution is -2.37. The van der Waals surface area contributed by atoms with Gasteiger partial charge in [-0.05, 0) is 51.0 Å². The van der Waals surface area contributed by atoms with Gasteiger partial charge < -0.3 is 5.32 Å². The summed E-state index contributed by atoms with van der Waals surface area (Å²) in [6, 6.07) is 0.605. The Labute approximate surface area is 95.0 Å². The highest BCUT2D eigenvalue weighted by atomic mass is 14.9. The molecule has 0 amide bonds. The molecule has 1 aliphatic carbocycles. The maximum absolute atomic E-state index is 3.43. The summed E-state index contributed by atoms with van der Waals surface area (Å²) in [5.41, 5.74) is 0.575. The molecular formula is C14H25N. The van der Waals surface area contributed by atoms with E-state index in [2.05, 4.69) is 38.1 Å². The summed E-state index contributed by atoms with van der Waals surface area (Å²) < 4.78 is 0. The Morgan fingerprint density at radius 1 is 1.33 bits per heavy atom. The van der Waals surface area contributed by atoms with Gasteiger partial charge in [-0.1, -0.05) is 13.8 Å². The predicted octanol–water partition coefficient (Wildman–Crippen LogP) is 3.20. The van der Waals surface area contributed by atoms with Crippen molar-refractivity contribution in [3.8, 4) is 11.8 Å². The van der Waals surface area contributed by atoms with E-state index in [0.29, 0.717) is 11.5 Å². The average Bonchev–Trinajstić information content (AvgIpc) is 2.21. The Morgan fingerprint density at radius 3 is 2.40 bits per heavy atom. The molecule has 0 spiro atoms. The normalized spacial score (nSPS) is 22.9. The van der Waals surface area contributed by atoms with Crippen LogP contribution in [0, 0.1) is 23.2 Å². The molecule has 86 valence electrons. The van der Waals surface area contributed by atoms with E-state index in [9.17, 15) is 0 Å². The van der Waals surface area contributed by atoms with Crippen LogP contribution in [0.5, 0.6) is 0 Å². The highest BCUT2D eigenvalue weighted by molar-refractivity contribution is 5.00. The first kappa shape index (κ1) is 12.6. The van der Waals surface area contributed by atoms with Crippen molar-refractivity contribution in [1.82, 2.24) is 5.32 Å². The van der Waals surface area contributed by atoms with Crippen LogP contribution in [-0.2, 0) is 0 Å². The molecule has 1 atom stereocenters. The van der Waals surface area contributed by atoms with E-state index >= 15 is 0 Å². The van der Waals surface area contributed by atoms with Crippen molar-refractivity contribution in [2.24, 2.45) is 11.3 Å². The second kappa shape index (κ2) is 5.56. The van der Waals surface area contributed by atoms with Crippen molar-refractivity contribution in [3.05, 3.63) is 0 Å². The van der Waals surface area contributed by atoms with Crippen LogP contribution in [0.4, 0.5) is 0 Å². The van der Waals surface area contributed by atoms with Gasteiger partial charge in [-0.25, -0.2) is 0 Å². The van der Waals surface area contributed by atoms with Gasteiger partial charge in [-0.2, -0.15) is 0 Å². The molecule has 0 saturated heterocycles. The molecule has 1 nitrogen and oxygen atoms in total. The molecule has 0 bridgehead atoms. The molecule has 1 heteroatoms. The first-order valence-electron chi connectivity index (χ1n) is 6.16. The SMILES string of the molecule is CC#CCC(NC)C1CCC(C)(C)CC1. The van der Waals surface area contributed by atoms with Crippen LogP contribution >= 0.6 is 0 Å². The van der Waals surface area contributed by atoms with Gasteiger partial charge in [0.25, 0.3) is 0 Å². The van der Waals surface area contributed by atoms with E-state index in [1.807, 2.05) is 6.92 Å². The van der Waals surface area contributed by atoms with Gasteiger partial charge in [0.15, 0.2) is 0 Å². The fraction of sp³-hybridized carbons (Fsp3) is 0.857. The highest BCUT2D eigenvalue weighted by Gasteiger charge is 2.30. The minimum Gasteiger partial charge on any atom is -0.316 e. The number of hydrogen-bond acceptors (Lipinski definition) is 1. The molecule has 0 aromatic rings. The summed E-state index contributed by atoms with van der Waals surface area (Å²) in [6.07, 6.45) is 6.48. The quantitative estimate of drug-likeness (QED) is 0.701. The Morgan fingerprint density at radius 2 is 1.93 bits per heavy atom. The predicted molar refractivity (Wildman–Crippen MR) is 66.7 cm³/mol. The molecule has 0 aromatic heterocycles. The summed E-state index contributed by atoms with van der Waals surface area (Å²) in [7, 11) is 2.07. The standard InChI is InChI=1S/C14H25N/c1-5-6-7-13(15-4)12-8-10-14(2,3)11-9-12/h12-13,15H,7-11H2,1-4H3. The van der Waals surface area contributed by atoms with Crippen LogP contribution in [0.15, 0.2) is 0 Å². The third-order valence-corrected chi connectivity index (χ3v) is 3.82. The molecule has 0 radical (unpaired) electrons. The first-order valence-corrected chi connectivity index (χ1v) is 6.16. The Balaban J connectivity index is 2.45. The topological polar surface area (TPSA) is 12.0 Å². The second-order valence-corrected chi connectivity index (χ2v) is 5.53. The number of hydrogen-bond donors (Lipinski definition) is 1. The maximum atomic E-state index is 3.43. The van der Waals surface area contributed by atoms with E-state index in [0.717, 1.165) is 12.3 Å². The maximum Gasteiger partial charge on any atom is 0.0245 e. The van der Waals surface area contributed by atoms with Crippen molar-refractivity contribution in [2.45, 2.75) is 58.9 Å². The first-order chi connectivity index (χ1) is 7.09. The van der Waals surface area contributed by atoms with Gasteiger partial charge in [0, 0.05) is 12.5 Å². The second-order valence-electron chi connectivity index (χ2n) is 5.53. The summed E-state index contributed by atoms with van der Waals surface area (Å²) in [4.78, 5) is 0. The molecule has 1 N–H and O–H groups in total. The minimum atomic E-state index is 0.575. The zero-order valence-electron chi connectivity index (χ0n) is 10.7. The van der Waals surface area contributed by atoms with Gasteiger partial charge in [-0.15, -0.1) is 11.8 Å². The van der Waals surface area contributed by atoms with Gasteiger partial charge in [0.1, 0.15) is 0 Å². The van der Waals surface area contributed by atoms with Gasteiger partial charge >= 0.3 is 0 Å². The van der Waals surface area contributed by atoms with E-state index < -0.39 is 0 Å². The van der Waals surface area contributed by atoms with Crippen LogP contribution in [0.25, 0.3) is 0 Å². The van der Waals surface area contributed by atoms with E-state index in [-0.39, 0.29) is 0 Å². The molecule has 1 unspecified atom stereocenters. The summed E-state index contributed by atoms with van der Waals surface area (Å²) in [6.45, 7) is 6.71.